The second-order valence-electron chi connectivity index (χ2n) is 7.12. The molecule has 0 aliphatic heterocycles. The Hall–Kier alpha value is -2.63. The van der Waals surface area contributed by atoms with Crippen molar-refractivity contribution in [3.05, 3.63) is 89.5 Å². The minimum Gasteiger partial charge on any atom is -0.497 e. The van der Waals surface area contributed by atoms with Crippen LogP contribution in [0.5, 0.6) is 5.75 Å². The predicted molar refractivity (Wildman–Crippen MR) is 114 cm³/mol. The van der Waals surface area contributed by atoms with Gasteiger partial charge in [0.15, 0.2) is 0 Å². The van der Waals surface area contributed by atoms with E-state index in [2.05, 4.69) is 27.7 Å². The van der Waals surface area contributed by atoms with Gasteiger partial charge in [-0.3, -0.25) is 4.90 Å². The van der Waals surface area contributed by atoms with E-state index in [1.54, 1.807) is 20.3 Å². The van der Waals surface area contributed by atoms with Crippen molar-refractivity contribution < 1.29 is 13.9 Å². The van der Waals surface area contributed by atoms with E-state index in [9.17, 15) is 4.39 Å². The molecule has 3 aromatic rings. The van der Waals surface area contributed by atoms with Gasteiger partial charge in [-0.1, -0.05) is 30.3 Å². The predicted octanol–water partition coefficient (Wildman–Crippen LogP) is 4.72. The second-order valence-corrected chi connectivity index (χ2v) is 7.12. The summed E-state index contributed by atoms with van der Waals surface area (Å²) in [5.41, 5.74) is 3.10. The maximum absolute atomic E-state index is 14.1. The molecule has 1 heterocycles. The lowest BCUT2D eigenvalue weighted by Gasteiger charge is -2.23. The van der Waals surface area contributed by atoms with Gasteiger partial charge >= 0.3 is 0 Å². The quantitative estimate of drug-likeness (QED) is 0.439. The second kappa shape index (κ2) is 10.8. The van der Waals surface area contributed by atoms with Crippen molar-refractivity contribution in [1.29, 1.82) is 0 Å². The first-order valence-corrected chi connectivity index (χ1v) is 9.91. The van der Waals surface area contributed by atoms with Gasteiger partial charge in [0.25, 0.3) is 0 Å². The van der Waals surface area contributed by atoms with Gasteiger partial charge in [-0.2, -0.15) is 0 Å². The number of methoxy groups -OCH3 is 2. The molecule has 0 saturated heterocycles. The lowest BCUT2D eigenvalue weighted by Crippen LogP contribution is -2.26. The van der Waals surface area contributed by atoms with Crippen molar-refractivity contribution >= 4 is 0 Å². The zero-order valence-corrected chi connectivity index (χ0v) is 17.2. The molecule has 0 bridgehead atoms. The molecule has 0 amide bonds. The first-order valence-electron chi connectivity index (χ1n) is 9.91. The SMILES string of the molecule is COCCCN(Cc1ccc(OC)cc1)Cc1cccn1Cc1ccccc1F. The zero-order valence-electron chi connectivity index (χ0n) is 17.2. The van der Waals surface area contributed by atoms with Crippen LogP contribution in [0.3, 0.4) is 0 Å². The summed E-state index contributed by atoms with van der Waals surface area (Å²) in [4.78, 5) is 2.40. The van der Waals surface area contributed by atoms with Gasteiger partial charge in [0, 0.05) is 50.8 Å². The Kier molecular flexibility index (Phi) is 7.85. The Morgan fingerprint density at radius 1 is 0.931 bits per heavy atom. The monoisotopic (exact) mass is 396 g/mol. The Bertz CT molecular complexity index is 877. The van der Waals surface area contributed by atoms with E-state index in [1.807, 2.05) is 36.5 Å². The van der Waals surface area contributed by atoms with E-state index in [4.69, 9.17) is 9.47 Å². The number of rotatable bonds is 11. The maximum Gasteiger partial charge on any atom is 0.128 e. The van der Waals surface area contributed by atoms with Gasteiger partial charge in [-0.15, -0.1) is 0 Å². The van der Waals surface area contributed by atoms with Crippen LogP contribution < -0.4 is 4.74 Å². The molecule has 0 aliphatic rings. The molecule has 2 aromatic carbocycles. The Morgan fingerprint density at radius 2 is 1.72 bits per heavy atom. The van der Waals surface area contributed by atoms with Crippen LogP contribution in [0.2, 0.25) is 0 Å². The summed E-state index contributed by atoms with van der Waals surface area (Å²) in [7, 11) is 3.41. The van der Waals surface area contributed by atoms with Gasteiger partial charge in [0.05, 0.1) is 13.7 Å². The number of benzene rings is 2. The van der Waals surface area contributed by atoms with Gasteiger partial charge in [0.2, 0.25) is 0 Å². The number of ether oxygens (including phenoxy) is 2. The lowest BCUT2D eigenvalue weighted by molar-refractivity contribution is 0.165. The molecular formula is C24H29FN2O2. The number of hydrogen-bond donors (Lipinski definition) is 0. The fraction of sp³-hybridized carbons (Fsp3) is 0.333. The molecule has 29 heavy (non-hydrogen) atoms. The van der Waals surface area contributed by atoms with Crippen molar-refractivity contribution in [1.82, 2.24) is 9.47 Å². The standard InChI is InChI=1S/C24H29FN2O2/c1-28-16-6-14-26(17-20-10-12-23(29-2)13-11-20)19-22-8-5-15-27(22)18-21-7-3-4-9-24(21)25/h3-5,7-13,15H,6,14,16-19H2,1-2H3. The van der Waals surface area contributed by atoms with E-state index in [0.29, 0.717) is 12.1 Å². The minimum absolute atomic E-state index is 0.165. The van der Waals surface area contributed by atoms with Crippen LogP contribution in [0, 0.1) is 5.82 Å². The van der Waals surface area contributed by atoms with Crippen LogP contribution in [-0.4, -0.2) is 36.8 Å². The van der Waals surface area contributed by atoms with Crippen LogP contribution in [0.1, 0.15) is 23.2 Å². The maximum atomic E-state index is 14.1. The van der Waals surface area contributed by atoms with Crippen LogP contribution >= 0.6 is 0 Å². The summed E-state index contributed by atoms with van der Waals surface area (Å²) in [6, 6.07) is 19.3. The summed E-state index contributed by atoms with van der Waals surface area (Å²) in [5.74, 6) is 0.695. The Morgan fingerprint density at radius 3 is 2.45 bits per heavy atom. The highest BCUT2D eigenvalue weighted by Gasteiger charge is 2.11. The van der Waals surface area contributed by atoms with E-state index < -0.39 is 0 Å². The highest BCUT2D eigenvalue weighted by molar-refractivity contribution is 5.27. The van der Waals surface area contributed by atoms with Gasteiger partial charge in [-0.25, -0.2) is 4.39 Å². The highest BCUT2D eigenvalue weighted by Crippen LogP contribution is 2.17. The number of hydrogen-bond acceptors (Lipinski definition) is 3. The molecule has 3 rings (SSSR count). The van der Waals surface area contributed by atoms with Crippen LogP contribution in [0.15, 0.2) is 66.9 Å². The van der Waals surface area contributed by atoms with Gasteiger partial charge < -0.3 is 14.0 Å². The molecule has 0 fully saturated rings. The average Bonchev–Trinajstić information content (AvgIpc) is 3.17. The van der Waals surface area contributed by atoms with E-state index >= 15 is 0 Å². The van der Waals surface area contributed by atoms with E-state index in [0.717, 1.165) is 38.4 Å². The minimum atomic E-state index is -0.165. The van der Waals surface area contributed by atoms with Crippen molar-refractivity contribution in [2.75, 3.05) is 27.4 Å². The van der Waals surface area contributed by atoms with Crippen molar-refractivity contribution in [2.45, 2.75) is 26.1 Å². The van der Waals surface area contributed by atoms with Crippen molar-refractivity contribution in [3.8, 4) is 5.75 Å². The molecule has 0 unspecified atom stereocenters. The van der Waals surface area contributed by atoms with Gasteiger partial charge in [-0.05, 0) is 42.3 Å². The molecule has 0 atom stereocenters. The molecule has 1 aromatic heterocycles. The fourth-order valence-electron chi connectivity index (χ4n) is 3.42. The number of nitrogens with zero attached hydrogens (tertiary/aromatic N) is 2. The first-order chi connectivity index (χ1) is 14.2. The summed E-state index contributed by atoms with van der Waals surface area (Å²) >= 11 is 0. The molecule has 0 spiro atoms. The molecule has 154 valence electrons. The van der Waals surface area contributed by atoms with Crippen molar-refractivity contribution in [2.24, 2.45) is 0 Å². The van der Waals surface area contributed by atoms with Crippen LogP contribution in [-0.2, 0) is 24.4 Å². The first kappa shape index (κ1) is 21.1. The Labute approximate surface area is 172 Å². The zero-order chi connectivity index (χ0) is 20.5. The largest absolute Gasteiger partial charge is 0.497 e. The van der Waals surface area contributed by atoms with Crippen molar-refractivity contribution in [3.63, 3.8) is 0 Å². The molecular weight excluding hydrogens is 367 g/mol. The highest BCUT2D eigenvalue weighted by atomic mass is 19.1. The summed E-state index contributed by atoms with van der Waals surface area (Å²) in [6.45, 7) is 3.80. The third kappa shape index (κ3) is 6.17. The fourth-order valence-corrected chi connectivity index (χ4v) is 3.42. The molecule has 0 radical (unpaired) electrons. The molecule has 0 aliphatic carbocycles. The van der Waals surface area contributed by atoms with Gasteiger partial charge in [0.1, 0.15) is 11.6 Å². The lowest BCUT2D eigenvalue weighted by atomic mass is 10.2. The number of halogens is 1. The normalized spacial score (nSPS) is 11.2. The third-order valence-corrected chi connectivity index (χ3v) is 5.00. The third-order valence-electron chi connectivity index (χ3n) is 5.00. The summed E-state index contributed by atoms with van der Waals surface area (Å²) in [5, 5.41) is 0. The molecule has 5 heteroatoms. The smallest absolute Gasteiger partial charge is 0.128 e. The molecule has 0 N–H and O–H groups in total. The Balaban J connectivity index is 1.71. The summed E-state index contributed by atoms with van der Waals surface area (Å²) < 4.78 is 26.7. The number of aromatic nitrogens is 1. The molecule has 4 nitrogen and oxygen atoms in total. The topological polar surface area (TPSA) is 26.6 Å². The van der Waals surface area contributed by atoms with E-state index in [1.165, 1.54) is 17.3 Å². The molecule has 0 saturated carbocycles. The van der Waals surface area contributed by atoms with Crippen LogP contribution in [0.4, 0.5) is 4.39 Å². The average molecular weight is 397 g/mol. The van der Waals surface area contributed by atoms with Crippen LogP contribution in [0.25, 0.3) is 0 Å². The summed E-state index contributed by atoms with van der Waals surface area (Å²) in [6.07, 6.45) is 2.98. The van der Waals surface area contributed by atoms with E-state index in [-0.39, 0.29) is 5.82 Å².